The van der Waals surface area contributed by atoms with Crippen molar-refractivity contribution in [3.63, 3.8) is 0 Å². The third-order valence-corrected chi connectivity index (χ3v) is 4.49. The Morgan fingerprint density at radius 1 is 1.10 bits per heavy atom. The molecular formula is C17H23N3S. The van der Waals surface area contributed by atoms with Crippen LogP contribution in [0.5, 0.6) is 0 Å². The number of aromatic nitrogens is 2. The van der Waals surface area contributed by atoms with Crippen LogP contribution in [0, 0.1) is 13.8 Å². The molecule has 2 aromatic rings. The fraction of sp³-hybridized carbons (Fsp3) is 0.412. The second-order valence-electron chi connectivity index (χ2n) is 5.23. The van der Waals surface area contributed by atoms with Crippen LogP contribution in [-0.4, -0.2) is 22.3 Å². The van der Waals surface area contributed by atoms with Crippen LogP contribution in [0.25, 0.3) is 11.4 Å². The highest BCUT2D eigenvalue weighted by Crippen LogP contribution is 2.26. The zero-order chi connectivity index (χ0) is 15.4. The topological polar surface area (TPSA) is 51.8 Å². The summed E-state index contributed by atoms with van der Waals surface area (Å²) in [6.07, 6.45) is 0. The van der Waals surface area contributed by atoms with Gasteiger partial charge in [-0.1, -0.05) is 26.0 Å². The second kappa shape index (κ2) is 7.05. The van der Waals surface area contributed by atoms with E-state index in [-0.39, 0.29) is 0 Å². The lowest BCUT2D eigenvalue weighted by atomic mass is 9.98. The van der Waals surface area contributed by atoms with Gasteiger partial charge in [-0.3, -0.25) is 0 Å². The van der Waals surface area contributed by atoms with Crippen LogP contribution in [0.3, 0.4) is 0 Å². The van der Waals surface area contributed by atoms with Gasteiger partial charge >= 0.3 is 0 Å². The molecule has 0 fully saturated rings. The average molecular weight is 301 g/mol. The van der Waals surface area contributed by atoms with Crippen molar-refractivity contribution in [1.29, 1.82) is 0 Å². The van der Waals surface area contributed by atoms with Gasteiger partial charge in [0.05, 0.1) is 0 Å². The molecule has 0 amide bonds. The monoisotopic (exact) mass is 301 g/mol. The Bertz CT molecular complexity index is 585. The molecule has 2 rings (SSSR count). The van der Waals surface area contributed by atoms with Crippen LogP contribution in [0.15, 0.2) is 29.2 Å². The maximum atomic E-state index is 5.78. The lowest BCUT2D eigenvalue weighted by Gasteiger charge is -2.15. The Morgan fingerprint density at radius 2 is 1.67 bits per heavy atom. The number of aryl methyl sites for hydroxylation is 2. The molecule has 1 aromatic heterocycles. The number of hydrogen-bond donors (Lipinski definition) is 1. The Morgan fingerprint density at radius 3 is 2.14 bits per heavy atom. The van der Waals surface area contributed by atoms with E-state index in [1.807, 2.05) is 25.6 Å². The van der Waals surface area contributed by atoms with E-state index in [4.69, 9.17) is 5.73 Å². The molecule has 21 heavy (non-hydrogen) atoms. The molecule has 0 radical (unpaired) electrons. The molecule has 1 heterocycles. The van der Waals surface area contributed by atoms with Gasteiger partial charge in [0.25, 0.3) is 0 Å². The molecule has 112 valence electrons. The number of benzene rings is 1. The van der Waals surface area contributed by atoms with E-state index in [0.29, 0.717) is 12.5 Å². The number of thioether (sulfide) groups is 1. The first-order chi connectivity index (χ1) is 10.1. The van der Waals surface area contributed by atoms with Crippen LogP contribution in [0.4, 0.5) is 0 Å². The molecule has 0 aliphatic heterocycles. The molecule has 1 unspecified atom stereocenters. The predicted molar refractivity (Wildman–Crippen MR) is 90.8 cm³/mol. The predicted octanol–water partition coefficient (Wildman–Crippen LogP) is 3.93. The number of nitrogens with zero attached hydrogens (tertiary/aromatic N) is 2. The molecule has 1 aromatic carbocycles. The molecule has 2 N–H and O–H groups in total. The van der Waals surface area contributed by atoms with Gasteiger partial charge < -0.3 is 5.73 Å². The van der Waals surface area contributed by atoms with Crippen molar-refractivity contribution in [2.75, 3.05) is 12.3 Å². The molecule has 0 aliphatic rings. The lowest BCUT2D eigenvalue weighted by molar-refractivity contribution is 0.744. The molecule has 0 bridgehead atoms. The normalized spacial score (nSPS) is 12.4. The highest BCUT2D eigenvalue weighted by atomic mass is 32.2. The maximum Gasteiger partial charge on any atom is 0.159 e. The molecule has 0 aliphatic carbocycles. The summed E-state index contributed by atoms with van der Waals surface area (Å²) >= 11 is 1.84. The summed E-state index contributed by atoms with van der Waals surface area (Å²) in [4.78, 5) is 10.6. The largest absolute Gasteiger partial charge is 0.330 e. The third-order valence-electron chi connectivity index (χ3n) is 3.60. The summed E-state index contributed by atoms with van der Waals surface area (Å²) in [5, 5.41) is 0. The van der Waals surface area contributed by atoms with Gasteiger partial charge in [-0.2, -0.15) is 0 Å². The van der Waals surface area contributed by atoms with E-state index in [1.165, 1.54) is 10.5 Å². The number of rotatable bonds is 5. The number of nitrogens with two attached hydrogens (primary N) is 1. The molecule has 3 nitrogen and oxygen atoms in total. The zero-order valence-electron chi connectivity index (χ0n) is 13.2. The van der Waals surface area contributed by atoms with Gasteiger partial charge in [0, 0.05) is 21.8 Å². The first-order valence-electron chi connectivity index (χ1n) is 7.35. The minimum Gasteiger partial charge on any atom is -0.330 e. The SMILES string of the molecule is CCSc1ccc(-c2nc(C)c(C(C)CN)c(C)n2)cc1. The number of hydrogen-bond acceptors (Lipinski definition) is 4. The quantitative estimate of drug-likeness (QED) is 0.850. The lowest BCUT2D eigenvalue weighted by Crippen LogP contribution is -2.14. The fourth-order valence-corrected chi connectivity index (χ4v) is 3.21. The van der Waals surface area contributed by atoms with E-state index in [1.54, 1.807) is 0 Å². The maximum absolute atomic E-state index is 5.78. The average Bonchev–Trinajstić information content (AvgIpc) is 2.47. The first-order valence-corrected chi connectivity index (χ1v) is 8.33. The van der Waals surface area contributed by atoms with Gasteiger partial charge in [0.2, 0.25) is 0 Å². The molecule has 1 atom stereocenters. The zero-order valence-corrected chi connectivity index (χ0v) is 14.0. The van der Waals surface area contributed by atoms with Crippen molar-refractivity contribution < 1.29 is 0 Å². The van der Waals surface area contributed by atoms with Gasteiger partial charge in [0.1, 0.15) is 0 Å². The van der Waals surface area contributed by atoms with Crippen molar-refractivity contribution in [2.45, 2.75) is 38.5 Å². The third kappa shape index (κ3) is 3.63. The van der Waals surface area contributed by atoms with Crippen LogP contribution in [0.1, 0.15) is 36.7 Å². The summed E-state index contributed by atoms with van der Waals surface area (Å²) in [6, 6.07) is 8.46. The van der Waals surface area contributed by atoms with Crippen molar-refractivity contribution in [3.8, 4) is 11.4 Å². The summed E-state index contributed by atoms with van der Waals surface area (Å²) in [5.74, 6) is 2.17. The second-order valence-corrected chi connectivity index (χ2v) is 6.56. The highest BCUT2D eigenvalue weighted by Gasteiger charge is 2.14. The van der Waals surface area contributed by atoms with Gasteiger partial charge in [-0.15, -0.1) is 11.8 Å². The van der Waals surface area contributed by atoms with E-state index in [9.17, 15) is 0 Å². The Hall–Kier alpha value is -1.39. The Kier molecular flexibility index (Phi) is 5.37. The Balaban J connectivity index is 2.37. The summed E-state index contributed by atoms with van der Waals surface area (Å²) < 4.78 is 0. The van der Waals surface area contributed by atoms with Crippen molar-refractivity contribution in [1.82, 2.24) is 9.97 Å². The molecular weight excluding hydrogens is 278 g/mol. The standard InChI is InChI=1S/C17H23N3S/c1-5-21-15-8-6-14(7-9-15)17-19-12(3)16(11(2)10-18)13(4)20-17/h6-9,11H,5,10,18H2,1-4H3. The van der Waals surface area contributed by atoms with Gasteiger partial charge in [0.15, 0.2) is 5.82 Å². The molecule has 0 saturated heterocycles. The van der Waals surface area contributed by atoms with E-state index in [2.05, 4.69) is 48.1 Å². The Labute approximate surface area is 131 Å². The first kappa shape index (κ1) is 16.0. The van der Waals surface area contributed by atoms with Crippen molar-refractivity contribution >= 4 is 11.8 Å². The smallest absolute Gasteiger partial charge is 0.159 e. The molecule has 0 saturated carbocycles. The summed E-state index contributed by atoms with van der Waals surface area (Å²) in [5.41, 5.74) is 10.1. The summed E-state index contributed by atoms with van der Waals surface area (Å²) in [7, 11) is 0. The van der Waals surface area contributed by atoms with Crippen LogP contribution in [-0.2, 0) is 0 Å². The summed E-state index contributed by atoms with van der Waals surface area (Å²) in [6.45, 7) is 8.98. The minimum atomic E-state index is 0.294. The van der Waals surface area contributed by atoms with Crippen LogP contribution < -0.4 is 5.73 Å². The van der Waals surface area contributed by atoms with E-state index in [0.717, 1.165) is 28.5 Å². The molecule has 0 spiro atoms. The van der Waals surface area contributed by atoms with E-state index < -0.39 is 0 Å². The highest BCUT2D eigenvalue weighted by molar-refractivity contribution is 7.99. The molecule has 4 heteroatoms. The van der Waals surface area contributed by atoms with Gasteiger partial charge in [-0.25, -0.2) is 9.97 Å². The van der Waals surface area contributed by atoms with E-state index >= 15 is 0 Å². The van der Waals surface area contributed by atoms with Crippen LogP contribution >= 0.6 is 11.8 Å². The minimum absolute atomic E-state index is 0.294. The van der Waals surface area contributed by atoms with Crippen molar-refractivity contribution in [3.05, 3.63) is 41.2 Å². The van der Waals surface area contributed by atoms with Crippen molar-refractivity contribution in [2.24, 2.45) is 5.73 Å². The van der Waals surface area contributed by atoms with Gasteiger partial charge in [-0.05, 0) is 49.8 Å². The fourth-order valence-electron chi connectivity index (χ4n) is 2.55. The van der Waals surface area contributed by atoms with Crippen LogP contribution in [0.2, 0.25) is 0 Å².